The molecule has 1 aliphatic rings. The van der Waals surface area contributed by atoms with Gasteiger partial charge in [-0.25, -0.2) is 0 Å². The Morgan fingerprint density at radius 1 is 1.26 bits per heavy atom. The molecule has 0 spiro atoms. The first-order valence-corrected chi connectivity index (χ1v) is 6.92. The smallest absolute Gasteiger partial charge is 0.311 e. The number of hydrogen-bond donors (Lipinski definition) is 1. The molecule has 1 saturated carbocycles. The molecule has 1 fully saturated rings. The van der Waals surface area contributed by atoms with Gasteiger partial charge in [-0.15, -0.1) is 0 Å². The summed E-state index contributed by atoms with van der Waals surface area (Å²) < 4.78 is 5.30. The summed E-state index contributed by atoms with van der Waals surface area (Å²) in [4.78, 5) is 11.7. The van der Waals surface area contributed by atoms with Gasteiger partial charge in [-0.3, -0.25) is 4.79 Å². The average Bonchev–Trinajstić information content (AvgIpc) is 2.86. The zero-order chi connectivity index (χ0) is 14.0. The van der Waals surface area contributed by atoms with Crippen LogP contribution in [0.1, 0.15) is 48.3 Å². The van der Waals surface area contributed by atoms with Gasteiger partial charge in [0, 0.05) is 0 Å². The van der Waals surface area contributed by atoms with E-state index in [-0.39, 0.29) is 11.8 Å². The number of benzene rings is 1. The van der Waals surface area contributed by atoms with E-state index < -0.39 is 5.97 Å². The van der Waals surface area contributed by atoms with Crippen LogP contribution in [0.15, 0.2) is 12.1 Å². The Labute approximate surface area is 114 Å². The molecule has 0 aromatic heterocycles. The lowest BCUT2D eigenvalue weighted by atomic mass is 9.82. The summed E-state index contributed by atoms with van der Waals surface area (Å²) in [5.41, 5.74) is 2.98. The second-order valence-corrected chi connectivity index (χ2v) is 5.54. The van der Waals surface area contributed by atoms with Gasteiger partial charge in [-0.2, -0.15) is 0 Å². The third-order valence-corrected chi connectivity index (χ3v) is 4.26. The van der Waals surface area contributed by atoms with Crippen LogP contribution < -0.4 is 4.74 Å². The van der Waals surface area contributed by atoms with E-state index in [0.29, 0.717) is 0 Å². The maximum atomic E-state index is 11.7. The van der Waals surface area contributed by atoms with Gasteiger partial charge in [0.1, 0.15) is 5.75 Å². The number of carbonyl (C=O) groups is 1. The number of ether oxygens (including phenoxy) is 1. The highest BCUT2D eigenvalue weighted by atomic mass is 16.5. The van der Waals surface area contributed by atoms with Crippen LogP contribution in [0.2, 0.25) is 0 Å². The van der Waals surface area contributed by atoms with Crippen LogP contribution in [0.5, 0.6) is 5.75 Å². The van der Waals surface area contributed by atoms with Crippen LogP contribution in [0.4, 0.5) is 0 Å². The Kier molecular flexibility index (Phi) is 4.13. The van der Waals surface area contributed by atoms with Gasteiger partial charge in [0.15, 0.2) is 0 Å². The highest BCUT2D eigenvalue weighted by molar-refractivity contribution is 5.77. The van der Waals surface area contributed by atoms with Crippen molar-refractivity contribution in [2.24, 2.45) is 5.92 Å². The third-order valence-electron chi connectivity index (χ3n) is 4.26. The molecule has 1 atom stereocenters. The summed E-state index contributed by atoms with van der Waals surface area (Å²) in [6.07, 6.45) is 4.37. The van der Waals surface area contributed by atoms with Crippen LogP contribution in [0.25, 0.3) is 0 Å². The lowest BCUT2D eigenvalue weighted by molar-refractivity contribution is -0.140. The monoisotopic (exact) mass is 262 g/mol. The van der Waals surface area contributed by atoms with Crippen LogP contribution in [0.3, 0.4) is 0 Å². The molecule has 19 heavy (non-hydrogen) atoms. The molecule has 1 unspecified atom stereocenters. The van der Waals surface area contributed by atoms with Crippen molar-refractivity contribution in [2.75, 3.05) is 7.11 Å². The summed E-state index contributed by atoms with van der Waals surface area (Å²) in [5.74, 6) is 0.0486. The summed E-state index contributed by atoms with van der Waals surface area (Å²) in [6.45, 7) is 3.94. The largest absolute Gasteiger partial charge is 0.496 e. The number of carboxylic acids is 1. The molecule has 1 aliphatic carbocycles. The molecule has 0 amide bonds. The van der Waals surface area contributed by atoms with Crippen molar-refractivity contribution < 1.29 is 14.6 Å². The van der Waals surface area contributed by atoms with Gasteiger partial charge >= 0.3 is 5.97 Å². The van der Waals surface area contributed by atoms with Crippen molar-refractivity contribution in [3.63, 3.8) is 0 Å². The maximum absolute atomic E-state index is 11.7. The molecular weight excluding hydrogens is 240 g/mol. The molecule has 0 radical (unpaired) electrons. The first-order chi connectivity index (χ1) is 9.04. The van der Waals surface area contributed by atoms with Gasteiger partial charge in [0.25, 0.3) is 0 Å². The van der Waals surface area contributed by atoms with Crippen LogP contribution >= 0.6 is 0 Å². The van der Waals surface area contributed by atoms with Crippen molar-refractivity contribution >= 4 is 5.97 Å². The fourth-order valence-electron chi connectivity index (χ4n) is 3.25. The van der Waals surface area contributed by atoms with E-state index >= 15 is 0 Å². The SMILES string of the molecule is COc1cc(C)c(C(C(=O)O)C2CCCC2)cc1C. The first kappa shape index (κ1) is 13.9. The molecule has 3 heteroatoms. The van der Waals surface area contributed by atoms with Crippen molar-refractivity contribution in [2.45, 2.75) is 45.4 Å². The van der Waals surface area contributed by atoms with Crippen LogP contribution in [0, 0.1) is 19.8 Å². The molecule has 1 N–H and O–H groups in total. The summed E-state index contributed by atoms with van der Waals surface area (Å²) in [7, 11) is 1.65. The number of aryl methyl sites for hydroxylation is 2. The van der Waals surface area contributed by atoms with Gasteiger partial charge in [0.05, 0.1) is 13.0 Å². The molecule has 0 saturated heterocycles. The Balaban J connectivity index is 2.41. The predicted octanol–water partition coefficient (Wildman–Crippen LogP) is 3.67. The molecule has 2 rings (SSSR count). The zero-order valence-corrected chi connectivity index (χ0v) is 11.9. The Hall–Kier alpha value is -1.51. The van der Waals surface area contributed by atoms with Crippen LogP contribution in [-0.2, 0) is 4.79 Å². The zero-order valence-electron chi connectivity index (χ0n) is 11.9. The number of carboxylic acid groups (broad SMARTS) is 1. The molecule has 0 bridgehead atoms. The highest BCUT2D eigenvalue weighted by Gasteiger charge is 2.33. The average molecular weight is 262 g/mol. The number of methoxy groups -OCH3 is 1. The van der Waals surface area contributed by atoms with Gasteiger partial charge in [0.2, 0.25) is 0 Å². The molecule has 1 aromatic carbocycles. The minimum Gasteiger partial charge on any atom is -0.496 e. The van der Waals surface area contributed by atoms with Gasteiger partial charge in [-0.1, -0.05) is 18.9 Å². The Morgan fingerprint density at radius 3 is 2.42 bits per heavy atom. The highest BCUT2D eigenvalue weighted by Crippen LogP contribution is 2.40. The fraction of sp³-hybridized carbons (Fsp3) is 0.562. The van der Waals surface area contributed by atoms with Crippen molar-refractivity contribution in [1.29, 1.82) is 0 Å². The lowest BCUT2D eigenvalue weighted by Gasteiger charge is -2.22. The lowest BCUT2D eigenvalue weighted by Crippen LogP contribution is -2.20. The standard InChI is InChI=1S/C16H22O3/c1-10-9-14(19-3)11(2)8-13(10)15(16(17)18)12-6-4-5-7-12/h8-9,12,15H,4-7H2,1-3H3,(H,17,18). The third kappa shape index (κ3) is 2.75. The quantitative estimate of drug-likeness (QED) is 0.900. The van der Waals surface area contributed by atoms with Gasteiger partial charge < -0.3 is 9.84 Å². The molecule has 0 aliphatic heterocycles. The van der Waals surface area contributed by atoms with E-state index in [4.69, 9.17) is 4.74 Å². The topological polar surface area (TPSA) is 46.5 Å². The van der Waals surface area contributed by atoms with Crippen molar-refractivity contribution in [3.05, 3.63) is 28.8 Å². The minimum atomic E-state index is -0.695. The molecule has 3 nitrogen and oxygen atoms in total. The van der Waals surface area contributed by atoms with Crippen molar-refractivity contribution in [1.82, 2.24) is 0 Å². The first-order valence-electron chi connectivity index (χ1n) is 6.92. The summed E-state index contributed by atoms with van der Waals surface area (Å²) >= 11 is 0. The number of hydrogen-bond acceptors (Lipinski definition) is 2. The summed E-state index contributed by atoms with van der Waals surface area (Å²) in [5, 5.41) is 9.60. The number of rotatable bonds is 4. The maximum Gasteiger partial charge on any atom is 0.311 e. The summed E-state index contributed by atoms with van der Waals surface area (Å²) in [6, 6.07) is 3.95. The van der Waals surface area contributed by atoms with E-state index in [1.807, 2.05) is 26.0 Å². The van der Waals surface area contributed by atoms with Gasteiger partial charge in [-0.05, 0) is 55.4 Å². The van der Waals surface area contributed by atoms with E-state index in [1.165, 1.54) is 0 Å². The van der Waals surface area contributed by atoms with E-state index in [9.17, 15) is 9.90 Å². The minimum absolute atomic E-state index is 0.281. The normalized spacial score (nSPS) is 17.4. The van der Waals surface area contributed by atoms with Crippen molar-refractivity contribution in [3.8, 4) is 5.75 Å². The fourth-order valence-corrected chi connectivity index (χ4v) is 3.25. The molecule has 104 valence electrons. The Morgan fingerprint density at radius 2 is 1.89 bits per heavy atom. The molecular formula is C16H22O3. The number of aliphatic carboxylic acids is 1. The van der Waals surface area contributed by atoms with Crippen LogP contribution in [-0.4, -0.2) is 18.2 Å². The second-order valence-electron chi connectivity index (χ2n) is 5.54. The predicted molar refractivity (Wildman–Crippen MR) is 74.8 cm³/mol. The Bertz CT molecular complexity index is 473. The van der Waals surface area contributed by atoms with E-state index in [1.54, 1.807) is 7.11 Å². The van der Waals surface area contributed by atoms with E-state index in [0.717, 1.165) is 48.1 Å². The molecule has 1 aromatic rings. The molecule has 0 heterocycles. The van der Waals surface area contributed by atoms with E-state index in [2.05, 4.69) is 0 Å². The second kappa shape index (κ2) is 5.64.